The molecule has 78 valence electrons. The van der Waals surface area contributed by atoms with E-state index in [1.165, 1.54) is 18.2 Å². The fraction of sp³-hybridized carbons (Fsp3) is 0. The SMILES string of the molecule is Nc1nnc(Nc2ccc(F)cc2Cl)o1. The molecule has 0 aliphatic heterocycles. The second kappa shape index (κ2) is 3.74. The lowest BCUT2D eigenvalue weighted by Crippen LogP contribution is -1.91. The largest absolute Gasteiger partial charge is 0.389 e. The summed E-state index contributed by atoms with van der Waals surface area (Å²) >= 11 is 5.76. The van der Waals surface area contributed by atoms with Crippen LogP contribution in [-0.4, -0.2) is 10.2 Å². The lowest BCUT2D eigenvalue weighted by molar-refractivity contribution is 0.593. The molecule has 1 aromatic carbocycles. The Hall–Kier alpha value is -1.82. The van der Waals surface area contributed by atoms with Gasteiger partial charge in [-0.05, 0) is 18.2 Å². The zero-order valence-electron chi connectivity index (χ0n) is 7.37. The van der Waals surface area contributed by atoms with E-state index < -0.39 is 5.82 Å². The van der Waals surface area contributed by atoms with Gasteiger partial charge in [0.15, 0.2) is 0 Å². The van der Waals surface area contributed by atoms with E-state index in [4.69, 9.17) is 21.8 Å². The fourth-order valence-electron chi connectivity index (χ4n) is 0.991. The molecule has 3 N–H and O–H groups in total. The smallest absolute Gasteiger partial charge is 0.321 e. The summed E-state index contributed by atoms with van der Waals surface area (Å²) in [6.07, 6.45) is 0. The molecule has 0 spiro atoms. The molecule has 0 saturated heterocycles. The van der Waals surface area contributed by atoms with Gasteiger partial charge in [0.25, 0.3) is 0 Å². The number of nitrogens with zero attached hydrogens (tertiary/aromatic N) is 2. The first-order valence-corrected chi connectivity index (χ1v) is 4.34. The summed E-state index contributed by atoms with van der Waals surface area (Å²) in [5.41, 5.74) is 5.68. The zero-order valence-corrected chi connectivity index (χ0v) is 8.12. The summed E-state index contributed by atoms with van der Waals surface area (Å²) in [4.78, 5) is 0. The maximum atomic E-state index is 12.7. The number of nitrogens with two attached hydrogens (primary N) is 1. The van der Waals surface area contributed by atoms with E-state index in [-0.39, 0.29) is 17.1 Å². The summed E-state index contributed by atoms with van der Waals surface area (Å²) in [6.45, 7) is 0. The van der Waals surface area contributed by atoms with Crippen LogP contribution in [-0.2, 0) is 0 Å². The van der Waals surface area contributed by atoms with E-state index in [9.17, 15) is 4.39 Å². The highest BCUT2D eigenvalue weighted by atomic mass is 35.5. The predicted molar refractivity (Wildman–Crippen MR) is 53.4 cm³/mol. The van der Waals surface area contributed by atoms with Crippen molar-refractivity contribution in [3.05, 3.63) is 29.0 Å². The third kappa shape index (κ3) is 2.16. The van der Waals surface area contributed by atoms with Gasteiger partial charge < -0.3 is 15.5 Å². The fourth-order valence-corrected chi connectivity index (χ4v) is 1.21. The minimum absolute atomic E-state index is 0.0595. The van der Waals surface area contributed by atoms with Gasteiger partial charge in [0.2, 0.25) is 0 Å². The number of hydrogen-bond acceptors (Lipinski definition) is 5. The number of hydrogen-bond donors (Lipinski definition) is 2. The molecule has 0 bridgehead atoms. The van der Waals surface area contributed by atoms with Crippen LogP contribution in [0.5, 0.6) is 0 Å². The summed E-state index contributed by atoms with van der Waals surface area (Å²) < 4.78 is 17.6. The van der Waals surface area contributed by atoms with E-state index in [2.05, 4.69) is 15.5 Å². The number of anilines is 3. The number of rotatable bonds is 2. The van der Waals surface area contributed by atoms with E-state index in [1.54, 1.807) is 0 Å². The van der Waals surface area contributed by atoms with Crippen LogP contribution in [0.25, 0.3) is 0 Å². The lowest BCUT2D eigenvalue weighted by atomic mass is 10.3. The number of nitrogen functional groups attached to an aromatic ring is 1. The van der Waals surface area contributed by atoms with Crippen molar-refractivity contribution in [2.24, 2.45) is 0 Å². The van der Waals surface area contributed by atoms with Crippen LogP contribution in [0.1, 0.15) is 0 Å². The van der Waals surface area contributed by atoms with Crippen molar-refractivity contribution in [3.8, 4) is 0 Å². The summed E-state index contributed by atoms with van der Waals surface area (Å²) in [5, 5.41) is 9.93. The van der Waals surface area contributed by atoms with Gasteiger partial charge in [-0.3, -0.25) is 0 Å². The quantitative estimate of drug-likeness (QED) is 0.824. The van der Waals surface area contributed by atoms with Crippen molar-refractivity contribution < 1.29 is 8.81 Å². The number of aromatic nitrogens is 2. The minimum atomic E-state index is -0.421. The zero-order chi connectivity index (χ0) is 10.8. The number of halogens is 2. The van der Waals surface area contributed by atoms with Gasteiger partial charge in [0.05, 0.1) is 10.7 Å². The first-order valence-electron chi connectivity index (χ1n) is 3.96. The molecule has 7 heteroatoms. The molecule has 0 aliphatic rings. The molecule has 0 unspecified atom stereocenters. The van der Waals surface area contributed by atoms with Gasteiger partial charge in [-0.25, -0.2) is 4.39 Å². The van der Waals surface area contributed by atoms with Gasteiger partial charge in [0.1, 0.15) is 5.82 Å². The average molecular weight is 229 g/mol. The Morgan fingerprint density at radius 3 is 2.80 bits per heavy atom. The van der Waals surface area contributed by atoms with Gasteiger partial charge in [-0.1, -0.05) is 21.8 Å². The summed E-state index contributed by atoms with van der Waals surface area (Å²) in [5.74, 6) is -0.421. The molecule has 0 saturated carbocycles. The van der Waals surface area contributed by atoms with Gasteiger partial charge in [0, 0.05) is 0 Å². The second-order valence-electron chi connectivity index (χ2n) is 2.69. The van der Waals surface area contributed by atoms with Crippen molar-refractivity contribution in [2.75, 3.05) is 11.1 Å². The number of nitrogens with one attached hydrogen (secondary N) is 1. The minimum Gasteiger partial charge on any atom is -0.389 e. The van der Waals surface area contributed by atoms with Crippen molar-refractivity contribution in [3.63, 3.8) is 0 Å². The highest BCUT2D eigenvalue weighted by molar-refractivity contribution is 6.33. The first kappa shape index (κ1) is 9.72. The van der Waals surface area contributed by atoms with Crippen LogP contribution < -0.4 is 11.1 Å². The van der Waals surface area contributed by atoms with Crippen LogP contribution in [0.15, 0.2) is 22.6 Å². The van der Waals surface area contributed by atoms with Crippen LogP contribution in [0, 0.1) is 5.82 Å². The predicted octanol–water partition coefficient (Wildman–Crippen LogP) is 2.19. The van der Waals surface area contributed by atoms with E-state index in [1.807, 2.05) is 0 Å². The molecule has 1 aromatic heterocycles. The van der Waals surface area contributed by atoms with Crippen LogP contribution in [0.2, 0.25) is 5.02 Å². The van der Waals surface area contributed by atoms with Gasteiger partial charge >= 0.3 is 12.0 Å². The van der Waals surface area contributed by atoms with Gasteiger partial charge in [-0.15, -0.1) is 0 Å². The Morgan fingerprint density at radius 1 is 1.40 bits per heavy atom. The maximum absolute atomic E-state index is 12.7. The molecule has 15 heavy (non-hydrogen) atoms. The Labute approximate surface area is 89.0 Å². The Kier molecular flexibility index (Phi) is 2.42. The van der Waals surface area contributed by atoms with E-state index in [0.29, 0.717) is 5.69 Å². The molecule has 0 fully saturated rings. The molecular weight excluding hydrogens is 223 g/mol. The second-order valence-corrected chi connectivity index (χ2v) is 3.10. The van der Waals surface area contributed by atoms with Crippen molar-refractivity contribution in [2.45, 2.75) is 0 Å². The van der Waals surface area contributed by atoms with Crippen molar-refractivity contribution in [1.82, 2.24) is 10.2 Å². The molecular formula is C8H6ClFN4O. The molecule has 5 nitrogen and oxygen atoms in total. The molecule has 1 heterocycles. The van der Waals surface area contributed by atoms with Crippen LogP contribution in [0.4, 0.5) is 22.1 Å². The average Bonchev–Trinajstić information content (AvgIpc) is 2.56. The first-order chi connectivity index (χ1) is 7.15. The van der Waals surface area contributed by atoms with E-state index >= 15 is 0 Å². The normalized spacial score (nSPS) is 10.3. The topological polar surface area (TPSA) is 77.0 Å². The van der Waals surface area contributed by atoms with Gasteiger partial charge in [-0.2, -0.15) is 0 Å². The Bertz CT molecular complexity index is 487. The molecule has 0 atom stereocenters. The highest BCUT2D eigenvalue weighted by Crippen LogP contribution is 2.25. The standard InChI is InChI=1S/C8H6ClFN4O/c9-5-3-4(10)1-2-6(5)12-8-14-13-7(11)15-8/h1-3H,(H2,11,13)(H,12,14). The third-order valence-electron chi connectivity index (χ3n) is 1.61. The highest BCUT2D eigenvalue weighted by Gasteiger charge is 2.06. The number of benzene rings is 1. The van der Waals surface area contributed by atoms with Crippen LogP contribution in [0.3, 0.4) is 0 Å². The Balaban J connectivity index is 2.24. The molecule has 2 rings (SSSR count). The molecule has 0 amide bonds. The summed E-state index contributed by atoms with van der Waals surface area (Å²) in [6, 6.07) is 3.92. The van der Waals surface area contributed by atoms with Crippen LogP contribution >= 0.6 is 11.6 Å². The van der Waals surface area contributed by atoms with Crippen molar-refractivity contribution >= 4 is 29.3 Å². The molecule has 2 aromatic rings. The molecule has 0 aliphatic carbocycles. The molecule has 0 radical (unpaired) electrons. The maximum Gasteiger partial charge on any atom is 0.321 e. The Morgan fingerprint density at radius 2 is 2.20 bits per heavy atom. The third-order valence-corrected chi connectivity index (χ3v) is 1.93. The lowest BCUT2D eigenvalue weighted by Gasteiger charge is -2.02. The van der Waals surface area contributed by atoms with E-state index in [0.717, 1.165) is 0 Å². The monoisotopic (exact) mass is 228 g/mol. The summed E-state index contributed by atoms with van der Waals surface area (Å²) in [7, 11) is 0. The van der Waals surface area contributed by atoms with Crippen molar-refractivity contribution in [1.29, 1.82) is 0 Å².